The lowest BCUT2D eigenvalue weighted by atomic mass is 10.1. The second-order valence-corrected chi connectivity index (χ2v) is 10.3. The number of aromatic nitrogens is 4. The van der Waals surface area contributed by atoms with Crippen molar-refractivity contribution in [2.24, 2.45) is 0 Å². The Bertz CT molecular complexity index is 1440. The summed E-state index contributed by atoms with van der Waals surface area (Å²) in [4.78, 5) is 0.0914. The van der Waals surface area contributed by atoms with Crippen LogP contribution in [0.15, 0.2) is 71.9 Å². The normalized spacial score (nSPS) is 13.0. The minimum Gasteiger partial charge on any atom is -0.494 e. The molecule has 0 radical (unpaired) electrons. The molecule has 0 bridgehead atoms. The van der Waals surface area contributed by atoms with Gasteiger partial charge in [-0.15, -0.1) is 5.10 Å². The van der Waals surface area contributed by atoms with Gasteiger partial charge >= 0.3 is 0 Å². The third-order valence-electron chi connectivity index (χ3n) is 5.98. The van der Waals surface area contributed by atoms with Gasteiger partial charge in [-0.25, -0.2) is 8.42 Å². The van der Waals surface area contributed by atoms with Crippen molar-refractivity contribution in [3.8, 4) is 11.4 Å². The Kier molecular flexibility index (Phi) is 5.97. The highest BCUT2D eigenvalue weighted by molar-refractivity contribution is 7.92. The smallest absolute Gasteiger partial charge is 0.264 e. The predicted molar refractivity (Wildman–Crippen MR) is 129 cm³/mol. The fraction of sp³-hybridized carbons (Fsp3) is 0.208. The van der Waals surface area contributed by atoms with Crippen LogP contribution >= 0.6 is 11.6 Å². The van der Waals surface area contributed by atoms with Crippen molar-refractivity contribution in [3.63, 3.8) is 0 Å². The number of benzene rings is 3. The Morgan fingerprint density at radius 1 is 1.06 bits per heavy atom. The molecule has 4 aromatic rings. The Labute approximate surface area is 202 Å². The summed E-state index contributed by atoms with van der Waals surface area (Å²) in [5.41, 5.74) is 4.30. The largest absolute Gasteiger partial charge is 0.494 e. The highest BCUT2D eigenvalue weighted by Gasteiger charge is 2.28. The molecule has 5 rings (SSSR count). The highest BCUT2D eigenvalue weighted by atomic mass is 35.5. The molecule has 0 saturated carbocycles. The first-order valence-corrected chi connectivity index (χ1v) is 12.6. The van der Waals surface area contributed by atoms with Gasteiger partial charge in [-0.2, -0.15) is 4.68 Å². The van der Waals surface area contributed by atoms with Crippen LogP contribution in [0.5, 0.6) is 5.75 Å². The van der Waals surface area contributed by atoms with E-state index in [0.717, 1.165) is 19.3 Å². The highest BCUT2D eigenvalue weighted by Crippen LogP contribution is 2.34. The van der Waals surface area contributed by atoms with E-state index in [1.54, 1.807) is 12.1 Å². The summed E-state index contributed by atoms with van der Waals surface area (Å²) in [6, 6.07) is 17.8. The topological polar surface area (TPSA) is 90.2 Å². The average molecular weight is 496 g/mol. The van der Waals surface area contributed by atoms with Gasteiger partial charge in [-0.3, -0.25) is 4.31 Å². The van der Waals surface area contributed by atoms with Crippen molar-refractivity contribution in [3.05, 3.63) is 88.7 Å². The summed E-state index contributed by atoms with van der Waals surface area (Å²) in [6.45, 7) is 0.0951. The van der Waals surface area contributed by atoms with Gasteiger partial charge in [0.25, 0.3) is 10.0 Å². The third-order valence-corrected chi connectivity index (χ3v) is 8.12. The van der Waals surface area contributed by atoms with Crippen molar-refractivity contribution in [1.82, 2.24) is 20.2 Å². The van der Waals surface area contributed by atoms with E-state index in [1.807, 2.05) is 36.4 Å². The number of hydrogen-bond donors (Lipinski definition) is 0. The van der Waals surface area contributed by atoms with Crippen LogP contribution in [0.3, 0.4) is 0 Å². The molecular weight excluding hydrogens is 474 g/mol. The molecule has 0 unspecified atom stereocenters. The van der Waals surface area contributed by atoms with Crippen LogP contribution in [0, 0.1) is 0 Å². The van der Waals surface area contributed by atoms with Gasteiger partial charge < -0.3 is 4.74 Å². The first-order valence-electron chi connectivity index (χ1n) is 10.8. The molecule has 0 amide bonds. The van der Waals surface area contributed by atoms with E-state index in [-0.39, 0.29) is 11.4 Å². The van der Waals surface area contributed by atoms with Crippen LogP contribution < -0.4 is 9.04 Å². The fourth-order valence-corrected chi connectivity index (χ4v) is 5.86. The molecule has 34 heavy (non-hydrogen) atoms. The van der Waals surface area contributed by atoms with E-state index in [4.69, 9.17) is 16.3 Å². The van der Waals surface area contributed by atoms with Gasteiger partial charge in [0.2, 0.25) is 0 Å². The molecule has 1 aromatic heterocycles. The maximum Gasteiger partial charge on any atom is 0.264 e. The van der Waals surface area contributed by atoms with E-state index in [9.17, 15) is 8.42 Å². The Hall–Kier alpha value is -3.43. The van der Waals surface area contributed by atoms with Crippen molar-refractivity contribution < 1.29 is 13.2 Å². The number of anilines is 1. The molecule has 1 aliphatic carbocycles. The van der Waals surface area contributed by atoms with E-state index in [2.05, 4.69) is 15.5 Å². The van der Waals surface area contributed by atoms with Crippen molar-refractivity contribution in [2.45, 2.75) is 30.7 Å². The lowest BCUT2D eigenvalue weighted by Crippen LogP contribution is -2.31. The Morgan fingerprint density at radius 2 is 1.88 bits per heavy atom. The van der Waals surface area contributed by atoms with E-state index >= 15 is 0 Å². The van der Waals surface area contributed by atoms with Crippen LogP contribution in [0.25, 0.3) is 5.69 Å². The zero-order valence-electron chi connectivity index (χ0n) is 18.4. The van der Waals surface area contributed by atoms with Crippen LogP contribution in [0.2, 0.25) is 5.02 Å². The Balaban J connectivity index is 1.61. The summed E-state index contributed by atoms with van der Waals surface area (Å²) in [5, 5.41) is 11.6. The molecular formula is C24H22ClN5O3S. The van der Waals surface area contributed by atoms with Crippen LogP contribution in [0.1, 0.15) is 23.1 Å². The molecule has 0 aliphatic heterocycles. The number of aryl methyl sites for hydroxylation is 2. The van der Waals surface area contributed by atoms with E-state index < -0.39 is 10.0 Å². The van der Waals surface area contributed by atoms with Crippen LogP contribution in [0.4, 0.5) is 5.69 Å². The molecule has 1 heterocycles. The zero-order chi connectivity index (χ0) is 23.7. The first-order chi connectivity index (χ1) is 16.5. The number of nitrogens with zero attached hydrogens (tertiary/aromatic N) is 5. The number of halogens is 1. The molecule has 8 nitrogen and oxygen atoms in total. The molecule has 1 aliphatic rings. The number of methoxy groups -OCH3 is 1. The minimum atomic E-state index is -3.97. The molecule has 0 atom stereocenters. The molecule has 174 valence electrons. The average Bonchev–Trinajstić information content (AvgIpc) is 3.55. The minimum absolute atomic E-state index is 0.0914. The first kappa shape index (κ1) is 22.4. The third kappa shape index (κ3) is 4.12. The van der Waals surface area contributed by atoms with Gasteiger partial charge in [0, 0.05) is 11.1 Å². The number of rotatable bonds is 7. The zero-order valence-corrected chi connectivity index (χ0v) is 20.0. The lowest BCUT2D eigenvalue weighted by Gasteiger charge is -2.26. The quantitative estimate of drug-likeness (QED) is 0.381. The van der Waals surface area contributed by atoms with Gasteiger partial charge in [-0.05, 0) is 76.7 Å². The number of sulfonamides is 1. The molecule has 3 aromatic carbocycles. The predicted octanol–water partition coefficient (Wildman–Crippen LogP) is 4.21. The van der Waals surface area contributed by atoms with Crippen molar-refractivity contribution in [2.75, 3.05) is 11.4 Å². The molecule has 0 fully saturated rings. The van der Waals surface area contributed by atoms with Gasteiger partial charge in [-0.1, -0.05) is 35.9 Å². The number of fused-ring (bicyclic) bond motifs is 1. The monoisotopic (exact) mass is 495 g/mol. The lowest BCUT2D eigenvalue weighted by molar-refractivity contribution is 0.410. The van der Waals surface area contributed by atoms with Gasteiger partial charge in [0.1, 0.15) is 17.8 Å². The maximum atomic E-state index is 14.0. The standard InChI is InChI=1S/C24H22ClN5O3S/c1-33-24-14-21(11-12-23(24)29-16-26-27-28-29)34(31,32)30(15-19-5-2-3-8-22(19)25)20-10-9-17-6-4-7-18(17)13-20/h2-3,5,8-14,16H,4,6-7,15H2,1H3. The molecule has 0 saturated heterocycles. The molecule has 0 spiro atoms. The summed E-state index contributed by atoms with van der Waals surface area (Å²) in [5.74, 6) is 0.333. The summed E-state index contributed by atoms with van der Waals surface area (Å²) in [6.07, 6.45) is 4.45. The summed E-state index contributed by atoms with van der Waals surface area (Å²) in [7, 11) is -2.50. The number of tetrazole rings is 1. The SMILES string of the molecule is COc1cc(S(=O)(=O)N(Cc2ccccc2Cl)c2ccc3c(c2)CCC3)ccc1-n1cnnn1. The second-order valence-electron chi connectivity index (χ2n) is 8.00. The van der Waals surface area contributed by atoms with Gasteiger partial charge in [0.15, 0.2) is 0 Å². The fourth-order valence-electron chi connectivity index (χ4n) is 4.22. The number of hydrogen-bond acceptors (Lipinski definition) is 6. The molecule has 10 heteroatoms. The van der Waals surface area contributed by atoms with Crippen molar-refractivity contribution in [1.29, 1.82) is 0 Å². The Morgan fingerprint density at radius 3 is 2.65 bits per heavy atom. The maximum absolute atomic E-state index is 14.0. The van der Waals surface area contributed by atoms with Crippen LogP contribution in [-0.2, 0) is 29.4 Å². The summed E-state index contributed by atoms with van der Waals surface area (Å²) < 4.78 is 36.3. The second kappa shape index (κ2) is 9.08. The van der Waals surface area contributed by atoms with Crippen LogP contribution in [-0.4, -0.2) is 35.7 Å². The summed E-state index contributed by atoms with van der Waals surface area (Å²) >= 11 is 6.41. The number of ether oxygens (including phenoxy) is 1. The van der Waals surface area contributed by atoms with Gasteiger partial charge in [0.05, 0.1) is 24.2 Å². The van der Waals surface area contributed by atoms with Crippen molar-refractivity contribution >= 4 is 27.3 Å². The van der Waals surface area contributed by atoms with E-state index in [1.165, 1.54) is 45.7 Å². The van der Waals surface area contributed by atoms with E-state index in [0.29, 0.717) is 27.7 Å². The molecule has 0 N–H and O–H groups in total.